The molecule has 0 fully saturated rings. The molecule has 21 heavy (non-hydrogen) atoms. The minimum Gasteiger partial charge on any atom is -0.453 e. The molecule has 0 amide bonds. The molecule has 108 valence electrons. The lowest BCUT2D eigenvalue weighted by atomic mass is 10.4. The zero-order valence-corrected chi connectivity index (χ0v) is 13.1. The van der Waals surface area contributed by atoms with Crippen molar-refractivity contribution in [2.24, 2.45) is 0 Å². The monoisotopic (exact) mass is 320 g/mol. The molecule has 0 aromatic carbocycles. The summed E-state index contributed by atoms with van der Waals surface area (Å²) < 4.78 is 10.2. The van der Waals surface area contributed by atoms with E-state index in [2.05, 4.69) is 10.1 Å². The van der Waals surface area contributed by atoms with Crippen LogP contribution in [0.1, 0.15) is 26.8 Å². The molecule has 5 nitrogen and oxygen atoms in total. The Bertz CT molecular complexity index is 759. The van der Waals surface area contributed by atoms with Crippen molar-refractivity contribution in [1.82, 2.24) is 10.1 Å². The molecule has 0 saturated heterocycles. The summed E-state index contributed by atoms with van der Waals surface area (Å²) >= 11 is 2.94. The average Bonchev–Trinajstić information content (AvgIpc) is 3.16. The molecular weight excluding hydrogens is 308 g/mol. The normalized spacial score (nSPS) is 10.8. The molecular formula is C14H12N2O3S2. The van der Waals surface area contributed by atoms with Crippen LogP contribution in [0.5, 0.6) is 0 Å². The summed E-state index contributed by atoms with van der Waals surface area (Å²) in [6.45, 7) is 3.70. The van der Waals surface area contributed by atoms with E-state index in [0.717, 1.165) is 15.6 Å². The summed E-state index contributed by atoms with van der Waals surface area (Å²) in [6.07, 6.45) is 0. The average molecular weight is 320 g/mol. The van der Waals surface area contributed by atoms with E-state index in [9.17, 15) is 4.79 Å². The maximum Gasteiger partial charge on any atom is 0.350 e. The van der Waals surface area contributed by atoms with Crippen molar-refractivity contribution in [3.63, 3.8) is 0 Å². The number of esters is 1. The van der Waals surface area contributed by atoms with Crippen molar-refractivity contribution in [3.8, 4) is 9.88 Å². The second-order valence-corrected chi connectivity index (χ2v) is 6.37. The van der Waals surface area contributed by atoms with Crippen molar-refractivity contribution in [2.75, 3.05) is 0 Å². The van der Waals surface area contributed by atoms with Crippen LogP contribution in [0.25, 0.3) is 9.88 Å². The van der Waals surface area contributed by atoms with Gasteiger partial charge in [0.2, 0.25) is 0 Å². The fourth-order valence-corrected chi connectivity index (χ4v) is 3.53. The van der Waals surface area contributed by atoms with Crippen LogP contribution in [-0.4, -0.2) is 16.1 Å². The van der Waals surface area contributed by atoms with Crippen molar-refractivity contribution < 1.29 is 14.1 Å². The Morgan fingerprint density at radius 1 is 1.43 bits per heavy atom. The third kappa shape index (κ3) is 3.03. The van der Waals surface area contributed by atoms with Crippen LogP contribution in [0, 0.1) is 13.8 Å². The molecule has 0 aliphatic rings. The fraction of sp³-hybridized carbons (Fsp3) is 0.214. The van der Waals surface area contributed by atoms with Crippen LogP contribution in [-0.2, 0) is 11.3 Å². The molecule has 3 heterocycles. The van der Waals surface area contributed by atoms with Crippen LogP contribution in [0.3, 0.4) is 0 Å². The van der Waals surface area contributed by atoms with Crippen molar-refractivity contribution in [1.29, 1.82) is 0 Å². The predicted octanol–water partition coefficient (Wildman–Crippen LogP) is 3.83. The highest BCUT2D eigenvalue weighted by Crippen LogP contribution is 2.31. The van der Waals surface area contributed by atoms with E-state index in [1.165, 1.54) is 11.3 Å². The standard InChI is InChI=1S/C14H12N2O3S2/c1-8-6-10(19-16-8)7-18-14(17)12-9(2)15-13(21-12)11-4-3-5-20-11/h3-6H,7H2,1-2H3. The number of ether oxygens (including phenoxy) is 1. The van der Waals surface area contributed by atoms with Crippen LogP contribution in [0.2, 0.25) is 0 Å². The number of hydrogen-bond donors (Lipinski definition) is 0. The number of aryl methyl sites for hydroxylation is 2. The van der Waals surface area contributed by atoms with Crippen LogP contribution in [0.4, 0.5) is 0 Å². The van der Waals surface area contributed by atoms with E-state index >= 15 is 0 Å². The molecule has 0 spiro atoms. The largest absolute Gasteiger partial charge is 0.453 e. The molecule has 0 unspecified atom stereocenters. The lowest BCUT2D eigenvalue weighted by Crippen LogP contribution is -2.04. The van der Waals surface area contributed by atoms with Crippen LogP contribution >= 0.6 is 22.7 Å². The first kappa shape index (κ1) is 14.0. The Kier molecular flexibility index (Phi) is 3.85. The van der Waals surface area contributed by atoms with Crippen LogP contribution < -0.4 is 0 Å². The first-order chi connectivity index (χ1) is 10.1. The van der Waals surface area contributed by atoms with Gasteiger partial charge in [-0.05, 0) is 25.3 Å². The zero-order valence-electron chi connectivity index (χ0n) is 11.5. The van der Waals surface area contributed by atoms with Gasteiger partial charge in [0.15, 0.2) is 12.4 Å². The van der Waals surface area contributed by atoms with E-state index in [-0.39, 0.29) is 12.6 Å². The van der Waals surface area contributed by atoms with Gasteiger partial charge >= 0.3 is 5.97 Å². The summed E-state index contributed by atoms with van der Waals surface area (Å²) in [5.74, 6) is 0.142. The SMILES string of the molecule is Cc1cc(COC(=O)c2sc(-c3cccs3)nc2C)on1. The number of carbonyl (C=O) groups is 1. The first-order valence-electron chi connectivity index (χ1n) is 6.24. The minimum atomic E-state index is -0.387. The molecule has 0 bridgehead atoms. The highest BCUT2D eigenvalue weighted by atomic mass is 32.1. The van der Waals surface area contributed by atoms with Gasteiger partial charge in [-0.15, -0.1) is 22.7 Å². The maximum absolute atomic E-state index is 12.1. The molecule has 0 saturated carbocycles. The van der Waals surface area contributed by atoms with Gasteiger partial charge < -0.3 is 9.26 Å². The minimum absolute atomic E-state index is 0.0748. The zero-order chi connectivity index (χ0) is 14.8. The number of nitrogens with zero attached hydrogens (tertiary/aromatic N) is 2. The lowest BCUT2D eigenvalue weighted by Gasteiger charge is -1.99. The molecule has 7 heteroatoms. The second-order valence-electron chi connectivity index (χ2n) is 4.42. The van der Waals surface area contributed by atoms with Gasteiger partial charge in [0, 0.05) is 6.07 Å². The van der Waals surface area contributed by atoms with Crippen molar-refractivity contribution in [2.45, 2.75) is 20.5 Å². The maximum atomic E-state index is 12.1. The highest BCUT2D eigenvalue weighted by Gasteiger charge is 2.18. The van der Waals surface area contributed by atoms with E-state index in [0.29, 0.717) is 16.3 Å². The smallest absolute Gasteiger partial charge is 0.350 e. The third-order valence-corrected chi connectivity index (χ3v) is 4.91. The Balaban J connectivity index is 1.72. The number of carbonyl (C=O) groups excluding carboxylic acids is 1. The molecule has 3 aromatic rings. The number of aromatic nitrogens is 2. The van der Waals surface area contributed by atoms with Crippen molar-refractivity contribution >= 4 is 28.6 Å². The van der Waals surface area contributed by atoms with Gasteiger partial charge in [-0.25, -0.2) is 9.78 Å². The van der Waals surface area contributed by atoms with E-state index < -0.39 is 0 Å². The molecule has 0 radical (unpaired) electrons. The first-order valence-corrected chi connectivity index (χ1v) is 7.93. The summed E-state index contributed by atoms with van der Waals surface area (Å²) in [6, 6.07) is 5.68. The summed E-state index contributed by atoms with van der Waals surface area (Å²) in [7, 11) is 0. The number of hydrogen-bond acceptors (Lipinski definition) is 7. The molecule has 0 N–H and O–H groups in total. The van der Waals surface area contributed by atoms with Gasteiger partial charge in [-0.2, -0.15) is 0 Å². The summed E-state index contributed by atoms with van der Waals surface area (Å²) in [5.41, 5.74) is 1.44. The van der Waals surface area contributed by atoms with Gasteiger partial charge in [0.25, 0.3) is 0 Å². The third-order valence-electron chi connectivity index (χ3n) is 2.74. The molecule has 3 aromatic heterocycles. The predicted molar refractivity (Wildman–Crippen MR) is 80.5 cm³/mol. The van der Waals surface area contributed by atoms with Crippen molar-refractivity contribution in [3.05, 3.63) is 45.6 Å². The number of rotatable bonds is 4. The Morgan fingerprint density at radius 2 is 2.29 bits per heavy atom. The summed E-state index contributed by atoms with van der Waals surface area (Å²) in [4.78, 5) is 18.1. The van der Waals surface area contributed by atoms with Crippen LogP contribution in [0.15, 0.2) is 28.1 Å². The van der Waals surface area contributed by atoms with E-state index in [4.69, 9.17) is 9.26 Å². The summed E-state index contributed by atoms with van der Waals surface area (Å²) in [5, 5.41) is 6.57. The lowest BCUT2D eigenvalue weighted by molar-refractivity contribution is 0.0442. The molecule has 0 atom stereocenters. The molecule has 0 aliphatic carbocycles. The van der Waals surface area contributed by atoms with Gasteiger partial charge in [-0.1, -0.05) is 11.2 Å². The Hall–Kier alpha value is -1.99. The number of thiophene rings is 1. The van der Waals surface area contributed by atoms with E-state index in [1.807, 2.05) is 31.4 Å². The highest BCUT2D eigenvalue weighted by molar-refractivity contribution is 7.22. The fourth-order valence-electron chi connectivity index (χ4n) is 1.78. The molecule has 3 rings (SSSR count). The Morgan fingerprint density at radius 3 is 2.95 bits per heavy atom. The van der Waals surface area contributed by atoms with Gasteiger partial charge in [0.05, 0.1) is 16.3 Å². The quantitative estimate of drug-likeness (QED) is 0.683. The van der Waals surface area contributed by atoms with E-state index in [1.54, 1.807) is 17.4 Å². The number of thiazole rings is 1. The topological polar surface area (TPSA) is 65.2 Å². The van der Waals surface area contributed by atoms with Gasteiger partial charge in [-0.3, -0.25) is 0 Å². The Labute approximate surface area is 129 Å². The second kappa shape index (κ2) is 5.79. The molecule has 0 aliphatic heterocycles. The van der Waals surface area contributed by atoms with Gasteiger partial charge in [0.1, 0.15) is 9.88 Å².